The fourth-order valence-corrected chi connectivity index (χ4v) is 2.52. The van der Waals surface area contributed by atoms with Crippen molar-refractivity contribution in [3.8, 4) is 5.75 Å². The van der Waals surface area contributed by atoms with E-state index in [2.05, 4.69) is 15.4 Å². The van der Waals surface area contributed by atoms with E-state index < -0.39 is 0 Å². The molecule has 126 valence electrons. The number of benzene rings is 2. The largest absolute Gasteiger partial charge is 0.492 e. The molecule has 0 bridgehead atoms. The van der Waals surface area contributed by atoms with Gasteiger partial charge in [-0.2, -0.15) is 5.10 Å². The van der Waals surface area contributed by atoms with Gasteiger partial charge in [-0.15, -0.1) is 0 Å². The van der Waals surface area contributed by atoms with Crippen LogP contribution in [-0.4, -0.2) is 50.6 Å². The molecular weight excluding hydrogens is 302 g/mol. The second-order valence-electron chi connectivity index (χ2n) is 5.58. The highest BCUT2D eigenvalue weighted by Crippen LogP contribution is 2.16. The number of hydrogen-bond acceptors (Lipinski definition) is 5. The van der Waals surface area contributed by atoms with E-state index in [1.165, 1.54) is 0 Å². The Labute approximate surface area is 142 Å². The Balaban J connectivity index is 1.52. The lowest BCUT2D eigenvalue weighted by Gasteiger charge is -2.26. The zero-order valence-electron chi connectivity index (χ0n) is 13.7. The number of anilines is 1. The Kier molecular flexibility index (Phi) is 6.22. The Morgan fingerprint density at radius 3 is 2.62 bits per heavy atom. The van der Waals surface area contributed by atoms with Crippen LogP contribution in [-0.2, 0) is 4.74 Å². The molecule has 0 atom stereocenters. The van der Waals surface area contributed by atoms with Crippen molar-refractivity contribution in [1.29, 1.82) is 0 Å². The highest BCUT2D eigenvalue weighted by molar-refractivity contribution is 5.83. The van der Waals surface area contributed by atoms with Gasteiger partial charge in [-0.3, -0.25) is 10.3 Å². The van der Waals surface area contributed by atoms with Crippen LogP contribution in [0.4, 0.5) is 5.69 Å². The van der Waals surface area contributed by atoms with Gasteiger partial charge in [0.15, 0.2) is 0 Å². The highest BCUT2D eigenvalue weighted by atomic mass is 16.5. The lowest BCUT2D eigenvalue weighted by molar-refractivity contribution is 0.0322. The fraction of sp³-hybridized carbons (Fsp3) is 0.316. The molecule has 1 aliphatic rings. The van der Waals surface area contributed by atoms with Gasteiger partial charge in [-0.25, -0.2) is 0 Å². The number of para-hydroxylation sites is 2. The van der Waals surface area contributed by atoms with Gasteiger partial charge in [-0.05, 0) is 24.3 Å². The average Bonchev–Trinajstić information content (AvgIpc) is 2.65. The van der Waals surface area contributed by atoms with Crippen LogP contribution in [0, 0.1) is 0 Å². The normalized spacial score (nSPS) is 15.5. The van der Waals surface area contributed by atoms with Crippen molar-refractivity contribution < 1.29 is 9.47 Å². The molecule has 2 aromatic rings. The maximum Gasteiger partial charge on any atom is 0.128 e. The topological polar surface area (TPSA) is 46.1 Å². The summed E-state index contributed by atoms with van der Waals surface area (Å²) in [4.78, 5) is 2.36. The van der Waals surface area contributed by atoms with E-state index in [-0.39, 0.29) is 0 Å². The summed E-state index contributed by atoms with van der Waals surface area (Å²) in [7, 11) is 0. The van der Waals surface area contributed by atoms with E-state index in [4.69, 9.17) is 9.47 Å². The molecule has 1 aliphatic heterocycles. The van der Waals surface area contributed by atoms with Crippen molar-refractivity contribution in [3.63, 3.8) is 0 Å². The number of ether oxygens (including phenoxy) is 2. The quantitative estimate of drug-likeness (QED) is 0.628. The molecule has 0 radical (unpaired) electrons. The molecule has 5 nitrogen and oxygen atoms in total. The SMILES string of the molecule is C(=NNc1ccccc1)c1ccccc1OCCN1CCOCC1. The van der Waals surface area contributed by atoms with Crippen molar-refractivity contribution in [2.45, 2.75) is 0 Å². The molecule has 3 rings (SSSR count). The number of nitrogens with zero attached hydrogens (tertiary/aromatic N) is 2. The first-order valence-corrected chi connectivity index (χ1v) is 8.28. The van der Waals surface area contributed by atoms with Crippen LogP contribution in [0.5, 0.6) is 5.75 Å². The van der Waals surface area contributed by atoms with Crippen molar-refractivity contribution in [3.05, 3.63) is 60.2 Å². The molecule has 0 unspecified atom stereocenters. The van der Waals surface area contributed by atoms with E-state index in [1.807, 2.05) is 54.6 Å². The van der Waals surface area contributed by atoms with Crippen LogP contribution in [0.2, 0.25) is 0 Å². The summed E-state index contributed by atoms with van der Waals surface area (Å²) in [5.74, 6) is 0.851. The number of morpholine rings is 1. The monoisotopic (exact) mass is 325 g/mol. The summed E-state index contributed by atoms with van der Waals surface area (Å²) in [5.41, 5.74) is 4.94. The van der Waals surface area contributed by atoms with E-state index >= 15 is 0 Å². The Morgan fingerprint density at radius 1 is 1.04 bits per heavy atom. The second kappa shape index (κ2) is 9.05. The number of hydrogen-bond donors (Lipinski definition) is 1. The Bertz CT molecular complexity index is 640. The summed E-state index contributed by atoms with van der Waals surface area (Å²) in [6.45, 7) is 5.16. The third-order valence-electron chi connectivity index (χ3n) is 3.86. The fourth-order valence-electron chi connectivity index (χ4n) is 2.52. The molecule has 5 heteroatoms. The zero-order chi connectivity index (χ0) is 16.5. The Morgan fingerprint density at radius 2 is 1.79 bits per heavy atom. The molecule has 1 fully saturated rings. The standard InChI is InChI=1S/C19H23N3O2/c1-2-7-18(8-3-1)21-20-16-17-6-4-5-9-19(17)24-15-12-22-10-13-23-14-11-22/h1-9,16,21H,10-15H2. The van der Waals surface area contributed by atoms with Gasteiger partial charge in [0, 0.05) is 25.2 Å². The summed E-state index contributed by atoms with van der Waals surface area (Å²) >= 11 is 0. The smallest absolute Gasteiger partial charge is 0.128 e. The van der Waals surface area contributed by atoms with E-state index in [9.17, 15) is 0 Å². The van der Waals surface area contributed by atoms with Crippen LogP contribution >= 0.6 is 0 Å². The van der Waals surface area contributed by atoms with Crippen LogP contribution in [0.3, 0.4) is 0 Å². The molecule has 0 saturated carbocycles. The molecule has 1 saturated heterocycles. The molecule has 0 aliphatic carbocycles. The highest BCUT2D eigenvalue weighted by Gasteiger charge is 2.10. The summed E-state index contributed by atoms with van der Waals surface area (Å²) in [6, 6.07) is 17.8. The molecule has 0 spiro atoms. The lowest BCUT2D eigenvalue weighted by Crippen LogP contribution is -2.38. The first-order chi connectivity index (χ1) is 11.9. The third kappa shape index (κ3) is 5.08. The van der Waals surface area contributed by atoms with E-state index in [1.54, 1.807) is 6.21 Å². The Hall–Kier alpha value is -2.37. The minimum atomic E-state index is 0.664. The number of hydrazone groups is 1. The molecule has 2 aromatic carbocycles. The maximum atomic E-state index is 5.94. The minimum absolute atomic E-state index is 0.664. The molecule has 1 heterocycles. The molecule has 0 amide bonds. The molecule has 0 aromatic heterocycles. The van der Waals surface area contributed by atoms with Gasteiger partial charge >= 0.3 is 0 Å². The predicted molar refractivity (Wildman–Crippen MR) is 96.9 cm³/mol. The van der Waals surface area contributed by atoms with Gasteiger partial charge in [0.2, 0.25) is 0 Å². The van der Waals surface area contributed by atoms with Gasteiger partial charge in [0.05, 0.1) is 25.1 Å². The molecular formula is C19H23N3O2. The minimum Gasteiger partial charge on any atom is -0.492 e. The van der Waals surface area contributed by atoms with Gasteiger partial charge < -0.3 is 9.47 Å². The van der Waals surface area contributed by atoms with Crippen LogP contribution in [0.25, 0.3) is 0 Å². The van der Waals surface area contributed by atoms with Crippen LogP contribution in [0.15, 0.2) is 59.7 Å². The van der Waals surface area contributed by atoms with Gasteiger partial charge in [0.1, 0.15) is 12.4 Å². The summed E-state index contributed by atoms with van der Waals surface area (Å²) in [6.07, 6.45) is 1.79. The third-order valence-corrected chi connectivity index (χ3v) is 3.86. The van der Waals surface area contributed by atoms with E-state index in [0.29, 0.717) is 6.61 Å². The first kappa shape index (κ1) is 16.5. The van der Waals surface area contributed by atoms with Crippen molar-refractivity contribution in [2.24, 2.45) is 5.10 Å². The first-order valence-electron chi connectivity index (χ1n) is 8.28. The zero-order valence-corrected chi connectivity index (χ0v) is 13.7. The average molecular weight is 325 g/mol. The van der Waals surface area contributed by atoms with Crippen LogP contribution < -0.4 is 10.2 Å². The summed E-state index contributed by atoms with van der Waals surface area (Å²) in [5, 5.41) is 4.29. The number of rotatable bonds is 7. The molecule has 1 N–H and O–H groups in total. The van der Waals surface area contributed by atoms with Crippen molar-refractivity contribution in [1.82, 2.24) is 4.90 Å². The predicted octanol–water partition coefficient (Wildman–Crippen LogP) is 2.84. The van der Waals surface area contributed by atoms with E-state index in [0.717, 1.165) is 49.8 Å². The second-order valence-corrected chi connectivity index (χ2v) is 5.58. The lowest BCUT2D eigenvalue weighted by atomic mass is 10.2. The van der Waals surface area contributed by atoms with Gasteiger partial charge in [0.25, 0.3) is 0 Å². The maximum absolute atomic E-state index is 5.94. The van der Waals surface area contributed by atoms with Crippen molar-refractivity contribution in [2.75, 3.05) is 44.9 Å². The van der Waals surface area contributed by atoms with Crippen molar-refractivity contribution >= 4 is 11.9 Å². The van der Waals surface area contributed by atoms with Crippen LogP contribution in [0.1, 0.15) is 5.56 Å². The number of nitrogens with one attached hydrogen (secondary N) is 1. The molecule has 24 heavy (non-hydrogen) atoms. The summed E-state index contributed by atoms with van der Waals surface area (Å²) < 4.78 is 11.3. The van der Waals surface area contributed by atoms with Gasteiger partial charge in [-0.1, -0.05) is 30.3 Å².